The molecule has 2 aliphatic rings. The van der Waals surface area contributed by atoms with Gasteiger partial charge in [-0.3, -0.25) is 4.98 Å². The van der Waals surface area contributed by atoms with Crippen LogP contribution in [0.4, 0.5) is 0 Å². The molecule has 2 aliphatic carbocycles. The number of nitriles is 4. The molecule has 0 saturated heterocycles. The smallest absolute Gasteiger partial charge is 0.206 e. The molecule has 0 radical (unpaired) electrons. The maximum Gasteiger partial charge on any atom is 0.206 e. The fourth-order valence-electron chi connectivity index (χ4n) is 4.77. The average Bonchev–Trinajstić information content (AvgIpc) is 3.28. The lowest BCUT2D eigenvalue weighted by Gasteiger charge is -2.22. The van der Waals surface area contributed by atoms with E-state index in [1.54, 1.807) is 24.4 Å². The molecule has 2 aromatic heterocycles. The van der Waals surface area contributed by atoms with Crippen LogP contribution in [-0.2, 0) is 0 Å². The van der Waals surface area contributed by atoms with Crippen molar-refractivity contribution in [2.75, 3.05) is 0 Å². The van der Waals surface area contributed by atoms with Crippen molar-refractivity contribution < 1.29 is 0 Å². The van der Waals surface area contributed by atoms with Gasteiger partial charge < -0.3 is 0 Å². The lowest BCUT2D eigenvalue weighted by atomic mass is 9.86. The molecule has 6 rings (SSSR count). The zero-order valence-electron chi connectivity index (χ0n) is 19.4. The number of nitrogens with zero attached hydrogens (tertiary/aromatic N) is 9. The van der Waals surface area contributed by atoms with Gasteiger partial charge in [-0.2, -0.15) is 31.0 Å². The second kappa shape index (κ2) is 8.73. The minimum absolute atomic E-state index is 0.108. The SMILES string of the molecule is N#CN=C1c2cc(-c3ccccn3)ccc2C(=NC#N)c2nc3c(nc21)C(=C(C#N)C#N)c1ccccc1-3. The van der Waals surface area contributed by atoms with Crippen molar-refractivity contribution in [2.24, 2.45) is 9.98 Å². The number of aliphatic imine (C=N–C) groups is 2. The summed E-state index contributed by atoms with van der Waals surface area (Å²) in [5, 5.41) is 38.5. The number of benzene rings is 2. The highest BCUT2D eigenvalue weighted by atomic mass is 14.9. The summed E-state index contributed by atoms with van der Waals surface area (Å²) in [4.78, 5) is 22.3. The number of aromatic nitrogens is 3. The molecule has 2 heterocycles. The van der Waals surface area contributed by atoms with Gasteiger partial charge in [0.1, 0.15) is 46.2 Å². The third-order valence-corrected chi connectivity index (χ3v) is 6.32. The van der Waals surface area contributed by atoms with Gasteiger partial charge in [0.05, 0.1) is 11.4 Å². The molecule has 0 spiro atoms. The summed E-state index contributed by atoms with van der Waals surface area (Å²) in [5.41, 5.74) is 6.00. The standard InChI is InChI=1S/C29H11N9/c30-12-17(13-31)23-18-5-1-2-6-19(18)26-27(23)38-29-25(36-15-33)21-11-16(22-7-3-4-10-34-22)8-9-20(21)24(35-14-32)28(29)37-26/h1-11H. The topological polar surface area (TPSA) is 159 Å². The van der Waals surface area contributed by atoms with E-state index in [4.69, 9.17) is 9.97 Å². The molecule has 0 saturated carbocycles. The molecule has 0 bridgehead atoms. The molecule has 0 atom stereocenters. The van der Waals surface area contributed by atoms with E-state index in [-0.39, 0.29) is 28.4 Å². The number of rotatable bonds is 1. The van der Waals surface area contributed by atoms with Gasteiger partial charge in [-0.15, -0.1) is 0 Å². The molecule has 0 N–H and O–H groups in total. The third kappa shape index (κ3) is 3.18. The van der Waals surface area contributed by atoms with Gasteiger partial charge in [0.2, 0.25) is 12.4 Å². The summed E-state index contributed by atoms with van der Waals surface area (Å²) in [6.07, 6.45) is 5.38. The highest BCUT2D eigenvalue weighted by molar-refractivity contribution is 6.31. The Balaban J connectivity index is 1.69. The minimum atomic E-state index is -0.108. The molecule has 0 unspecified atom stereocenters. The fourth-order valence-corrected chi connectivity index (χ4v) is 4.77. The van der Waals surface area contributed by atoms with E-state index < -0.39 is 0 Å². The molecular weight excluding hydrogens is 474 g/mol. The van der Waals surface area contributed by atoms with E-state index in [0.717, 1.165) is 5.56 Å². The lowest BCUT2D eigenvalue weighted by Crippen LogP contribution is -2.26. The molecule has 9 heteroatoms. The van der Waals surface area contributed by atoms with Gasteiger partial charge in [0.15, 0.2) is 0 Å². The van der Waals surface area contributed by atoms with Crippen LogP contribution in [0.2, 0.25) is 0 Å². The van der Waals surface area contributed by atoms with Crippen molar-refractivity contribution in [1.29, 1.82) is 21.0 Å². The summed E-state index contributed by atoms with van der Waals surface area (Å²) in [7, 11) is 0. The van der Waals surface area contributed by atoms with E-state index in [0.29, 0.717) is 44.9 Å². The van der Waals surface area contributed by atoms with E-state index in [1.165, 1.54) is 0 Å². The predicted molar refractivity (Wildman–Crippen MR) is 137 cm³/mol. The molecule has 0 fully saturated rings. The van der Waals surface area contributed by atoms with E-state index in [1.807, 2.05) is 67.0 Å². The lowest BCUT2D eigenvalue weighted by molar-refractivity contribution is 1.13. The van der Waals surface area contributed by atoms with Crippen molar-refractivity contribution >= 4 is 17.0 Å². The summed E-state index contributed by atoms with van der Waals surface area (Å²) in [6.45, 7) is 0. The predicted octanol–water partition coefficient (Wildman–Crippen LogP) is 4.32. The molecule has 0 aliphatic heterocycles. The molecule has 9 nitrogen and oxygen atoms in total. The highest BCUT2D eigenvalue weighted by Gasteiger charge is 2.36. The largest absolute Gasteiger partial charge is 0.256 e. The van der Waals surface area contributed by atoms with Crippen molar-refractivity contribution in [2.45, 2.75) is 0 Å². The number of fused-ring (bicyclic) bond motifs is 5. The second-order valence-corrected chi connectivity index (χ2v) is 8.23. The maximum absolute atomic E-state index is 9.69. The van der Waals surface area contributed by atoms with Crippen molar-refractivity contribution in [3.05, 3.63) is 106 Å². The Labute approximate surface area is 216 Å². The quantitative estimate of drug-likeness (QED) is 0.248. The van der Waals surface area contributed by atoms with Gasteiger partial charge in [0, 0.05) is 34.0 Å². The van der Waals surface area contributed by atoms with Gasteiger partial charge in [-0.25, -0.2) is 9.97 Å². The van der Waals surface area contributed by atoms with Gasteiger partial charge >= 0.3 is 0 Å². The first-order valence-electron chi connectivity index (χ1n) is 11.3. The van der Waals surface area contributed by atoms with Gasteiger partial charge in [-0.1, -0.05) is 42.5 Å². The molecule has 0 amide bonds. The number of hydrogen-bond acceptors (Lipinski definition) is 9. The summed E-state index contributed by atoms with van der Waals surface area (Å²) >= 11 is 0. The Morgan fingerprint density at radius 1 is 0.632 bits per heavy atom. The number of hydrogen-bond donors (Lipinski definition) is 0. The van der Waals surface area contributed by atoms with Crippen LogP contribution in [0.15, 0.2) is 82.4 Å². The Bertz CT molecular complexity index is 1940. The zero-order chi connectivity index (χ0) is 26.2. The number of allylic oxidation sites excluding steroid dienone is 1. The van der Waals surface area contributed by atoms with Crippen molar-refractivity contribution in [3.8, 4) is 47.0 Å². The average molecular weight is 485 g/mol. The molecule has 2 aromatic carbocycles. The van der Waals surface area contributed by atoms with Crippen LogP contribution in [0.5, 0.6) is 0 Å². The van der Waals surface area contributed by atoms with Crippen LogP contribution >= 0.6 is 0 Å². The van der Waals surface area contributed by atoms with Gasteiger partial charge in [-0.05, 0) is 23.8 Å². The van der Waals surface area contributed by atoms with Crippen LogP contribution in [0.3, 0.4) is 0 Å². The van der Waals surface area contributed by atoms with E-state index in [2.05, 4.69) is 15.0 Å². The summed E-state index contributed by atoms with van der Waals surface area (Å²) in [5.74, 6) is 0. The maximum atomic E-state index is 9.69. The first kappa shape index (κ1) is 22.2. The molecule has 4 aromatic rings. The van der Waals surface area contributed by atoms with Crippen LogP contribution in [0, 0.1) is 45.6 Å². The second-order valence-electron chi connectivity index (χ2n) is 8.23. The summed E-state index contributed by atoms with van der Waals surface area (Å²) in [6, 6.07) is 22.2. The Hall–Kier alpha value is -6.29. The fraction of sp³-hybridized carbons (Fsp3) is 0. The van der Waals surface area contributed by atoms with Gasteiger partial charge in [0.25, 0.3) is 0 Å². The van der Waals surface area contributed by atoms with Crippen LogP contribution < -0.4 is 0 Å². The zero-order valence-corrected chi connectivity index (χ0v) is 19.4. The monoisotopic (exact) mass is 485 g/mol. The highest BCUT2D eigenvalue weighted by Crippen LogP contribution is 2.45. The van der Waals surface area contributed by atoms with Crippen LogP contribution in [0.25, 0.3) is 28.1 Å². The first-order valence-corrected chi connectivity index (χ1v) is 11.3. The third-order valence-electron chi connectivity index (χ3n) is 6.32. The van der Waals surface area contributed by atoms with E-state index >= 15 is 0 Å². The van der Waals surface area contributed by atoms with Crippen molar-refractivity contribution in [1.82, 2.24) is 15.0 Å². The summed E-state index contributed by atoms with van der Waals surface area (Å²) < 4.78 is 0. The van der Waals surface area contributed by atoms with Crippen LogP contribution in [0.1, 0.15) is 33.8 Å². The Morgan fingerprint density at radius 3 is 1.95 bits per heavy atom. The van der Waals surface area contributed by atoms with Crippen LogP contribution in [-0.4, -0.2) is 26.4 Å². The number of pyridine rings is 1. The molecule has 38 heavy (non-hydrogen) atoms. The Kier molecular flexibility index (Phi) is 5.10. The van der Waals surface area contributed by atoms with Crippen molar-refractivity contribution in [3.63, 3.8) is 0 Å². The molecule has 172 valence electrons. The minimum Gasteiger partial charge on any atom is -0.256 e. The Morgan fingerprint density at radius 2 is 1.29 bits per heavy atom. The van der Waals surface area contributed by atoms with E-state index in [9.17, 15) is 21.0 Å². The molecular formula is C29H11N9. The normalized spacial score (nSPS) is 14.3. The first-order chi connectivity index (χ1) is 18.7.